The Labute approximate surface area is 210 Å². The van der Waals surface area contributed by atoms with Crippen LogP contribution < -0.4 is 10.2 Å². The highest BCUT2D eigenvalue weighted by Crippen LogP contribution is 2.27. The van der Waals surface area contributed by atoms with Gasteiger partial charge >= 0.3 is 5.91 Å². The molecule has 0 bridgehead atoms. The number of hydrogen-bond acceptors (Lipinski definition) is 6. The van der Waals surface area contributed by atoms with Gasteiger partial charge < -0.3 is 9.15 Å². The van der Waals surface area contributed by atoms with Gasteiger partial charge in [-0.15, -0.1) is 0 Å². The largest absolute Gasteiger partial charge is 0.488 e. The maximum Gasteiger partial charge on any atom is 0.307 e. The third-order valence-electron chi connectivity index (χ3n) is 4.58. The first kappa shape index (κ1) is 22.9. The van der Waals surface area contributed by atoms with Crippen molar-refractivity contribution in [2.24, 2.45) is 5.10 Å². The van der Waals surface area contributed by atoms with Gasteiger partial charge in [0.05, 0.1) is 15.6 Å². The molecule has 8 nitrogen and oxygen atoms in total. The first-order chi connectivity index (χ1) is 15.9. The first-order valence-corrected chi connectivity index (χ1v) is 11.4. The third-order valence-corrected chi connectivity index (χ3v) is 5.92. The summed E-state index contributed by atoms with van der Waals surface area (Å²) in [5.74, 6) is 0.121. The third kappa shape index (κ3) is 5.76. The molecule has 166 valence electrons. The van der Waals surface area contributed by atoms with Crippen molar-refractivity contribution in [1.29, 1.82) is 0 Å². The minimum atomic E-state index is -0.568. The molecule has 0 aliphatic heterocycles. The Morgan fingerprint density at radius 2 is 1.94 bits per heavy atom. The molecule has 4 rings (SSSR count). The zero-order valence-electron chi connectivity index (χ0n) is 16.8. The second-order valence-corrected chi connectivity index (χ2v) is 8.99. The van der Waals surface area contributed by atoms with E-state index in [1.165, 1.54) is 30.5 Å². The SMILES string of the molecule is O=C(N/N=C\c1ccc(OCc2ccc(I)cc2)c(Br)c1)c1cc2cc([N+](=O)[O-])ccc2o1. The van der Waals surface area contributed by atoms with Gasteiger partial charge in [-0.3, -0.25) is 14.9 Å². The lowest BCUT2D eigenvalue weighted by atomic mass is 10.2. The molecule has 0 saturated carbocycles. The summed E-state index contributed by atoms with van der Waals surface area (Å²) in [5, 5.41) is 15.3. The van der Waals surface area contributed by atoms with Crippen LogP contribution in [-0.4, -0.2) is 17.0 Å². The monoisotopic (exact) mass is 619 g/mol. The predicted molar refractivity (Wildman–Crippen MR) is 136 cm³/mol. The van der Waals surface area contributed by atoms with Crippen molar-refractivity contribution in [3.63, 3.8) is 0 Å². The summed E-state index contributed by atoms with van der Waals surface area (Å²) in [6.45, 7) is 0.444. The summed E-state index contributed by atoms with van der Waals surface area (Å²) in [5.41, 5.74) is 4.49. The molecular formula is C23H15BrIN3O5. The van der Waals surface area contributed by atoms with E-state index in [2.05, 4.69) is 49.0 Å². The van der Waals surface area contributed by atoms with E-state index >= 15 is 0 Å². The van der Waals surface area contributed by atoms with E-state index in [0.29, 0.717) is 23.3 Å². The molecule has 33 heavy (non-hydrogen) atoms. The van der Waals surface area contributed by atoms with Crippen molar-refractivity contribution in [3.8, 4) is 5.75 Å². The number of benzene rings is 3. The summed E-state index contributed by atoms with van der Waals surface area (Å²) in [4.78, 5) is 22.7. The maximum atomic E-state index is 12.3. The average Bonchev–Trinajstić information content (AvgIpc) is 3.23. The molecule has 0 aliphatic carbocycles. The van der Waals surface area contributed by atoms with Gasteiger partial charge in [0.25, 0.3) is 5.69 Å². The molecule has 0 radical (unpaired) electrons. The number of carbonyl (C=O) groups excluding carboxylic acids is 1. The van der Waals surface area contributed by atoms with Crippen LogP contribution in [0, 0.1) is 13.7 Å². The van der Waals surface area contributed by atoms with Gasteiger partial charge in [-0.1, -0.05) is 12.1 Å². The number of nitrogens with zero attached hydrogens (tertiary/aromatic N) is 2. The van der Waals surface area contributed by atoms with Crippen molar-refractivity contribution in [1.82, 2.24) is 5.43 Å². The van der Waals surface area contributed by atoms with E-state index in [9.17, 15) is 14.9 Å². The predicted octanol–water partition coefficient (Wildman–Crippen LogP) is 6.05. The number of halogens is 2. The summed E-state index contributed by atoms with van der Waals surface area (Å²) < 4.78 is 13.2. The molecule has 4 aromatic rings. The van der Waals surface area contributed by atoms with E-state index in [-0.39, 0.29) is 11.4 Å². The van der Waals surface area contributed by atoms with Gasteiger partial charge in [0.2, 0.25) is 0 Å². The van der Waals surface area contributed by atoms with E-state index in [0.717, 1.165) is 19.2 Å². The van der Waals surface area contributed by atoms with Crippen LogP contribution >= 0.6 is 38.5 Å². The van der Waals surface area contributed by atoms with Gasteiger partial charge in [-0.25, -0.2) is 5.43 Å². The van der Waals surface area contributed by atoms with E-state index in [1.54, 1.807) is 0 Å². The number of hydrogen-bond donors (Lipinski definition) is 1. The molecule has 1 amide bonds. The zero-order valence-corrected chi connectivity index (χ0v) is 20.6. The fourth-order valence-corrected chi connectivity index (χ4v) is 3.80. The highest BCUT2D eigenvalue weighted by atomic mass is 127. The Morgan fingerprint density at radius 1 is 1.15 bits per heavy atom. The molecule has 0 spiro atoms. The number of non-ortho nitro benzene ring substituents is 1. The normalized spacial score (nSPS) is 11.1. The minimum Gasteiger partial charge on any atom is -0.488 e. The highest BCUT2D eigenvalue weighted by molar-refractivity contribution is 14.1. The second-order valence-electron chi connectivity index (χ2n) is 6.89. The van der Waals surface area contributed by atoms with Crippen LogP contribution in [-0.2, 0) is 6.61 Å². The number of nitro groups is 1. The summed E-state index contributed by atoms with van der Waals surface area (Å²) >= 11 is 5.74. The summed E-state index contributed by atoms with van der Waals surface area (Å²) in [6.07, 6.45) is 1.49. The van der Waals surface area contributed by atoms with Gasteiger partial charge in [-0.2, -0.15) is 5.10 Å². The fraction of sp³-hybridized carbons (Fsp3) is 0.0435. The maximum absolute atomic E-state index is 12.3. The van der Waals surface area contributed by atoms with Gasteiger partial charge in [0.15, 0.2) is 5.76 Å². The molecule has 3 aromatic carbocycles. The van der Waals surface area contributed by atoms with Crippen LogP contribution in [0.2, 0.25) is 0 Å². The molecule has 0 fully saturated rings. The van der Waals surface area contributed by atoms with Crippen molar-refractivity contribution in [3.05, 3.63) is 102 Å². The first-order valence-electron chi connectivity index (χ1n) is 9.57. The van der Waals surface area contributed by atoms with Crippen LogP contribution in [0.15, 0.2) is 80.7 Å². The van der Waals surface area contributed by atoms with Crippen LogP contribution in [0.1, 0.15) is 21.7 Å². The Bertz CT molecular complexity index is 1370. The molecule has 0 unspecified atom stereocenters. The van der Waals surface area contributed by atoms with E-state index < -0.39 is 10.8 Å². The second kappa shape index (κ2) is 10.1. The lowest BCUT2D eigenvalue weighted by Gasteiger charge is -2.09. The highest BCUT2D eigenvalue weighted by Gasteiger charge is 2.14. The minimum absolute atomic E-state index is 0.00294. The van der Waals surface area contributed by atoms with Crippen LogP contribution in [0.25, 0.3) is 11.0 Å². The van der Waals surface area contributed by atoms with E-state index in [1.807, 2.05) is 42.5 Å². The Balaban J connectivity index is 1.37. The fourth-order valence-electron chi connectivity index (χ4n) is 2.93. The topological polar surface area (TPSA) is 107 Å². The number of hydrazone groups is 1. The molecule has 0 saturated heterocycles. The van der Waals surface area contributed by atoms with Gasteiger partial charge in [0.1, 0.15) is 17.9 Å². The Hall–Kier alpha value is -3.25. The van der Waals surface area contributed by atoms with Crippen LogP contribution in [0.3, 0.4) is 0 Å². The Morgan fingerprint density at radius 3 is 2.67 bits per heavy atom. The van der Waals surface area contributed by atoms with Gasteiger partial charge in [-0.05, 0) is 92.1 Å². The number of nitrogens with one attached hydrogen (secondary N) is 1. The standard InChI is InChI=1S/C23H15BrIN3O5/c24-19-9-15(3-7-21(19)32-13-14-1-4-17(25)5-2-14)12-26-27-23(29)22-11-16-10-18(28(30)31)6-8-20(16)33-22/h1-12H,13H2,(H,27,29)/b26-12-. The molecular weight excluding hydrogens is 605 g/mol. The number of ether oxygens (including phenoxy) is 1. The molecule has 1 heterocycles. The van der Waals surface area contributed by atoms with Crippen molar-refractivity contribution in [2.75, 3.05) is 0 Å². The Kier molecular flexibility index (Phi) is 7.04. The molecule has 1 N–H and O–H groups in total. The summed E-state index contributed by atoms with van der Waals surface area (Å²) in [7, 11) is 0. The van der Waals surface area contributed by atoms with Gasteiger partial charge in [0, 0.05) is 21.1 Å². The molecule has 0 aliphatic rings. The van der Waals surface area contributed by atoms with Crippen LogP contribution in [0.4, 0.5) is 5.69 Å². The van der Waals surface area contributed by atoms with Crippen molar-refractivity contribution >= 4 is 67.3 Å². The smallest absolute Gasteiger partial charge is 0.307 e. The lowest BCUT2D eigenvalue weighted by Crippen LogP contribution is -2.16. The number of fused-ring (bicyclic) bond motifs is 1. The van der Waals surface area contributed by atoms with Crippen molar-refractivity contribution in [2.45, 2.75) is 6.61 Å². The lowest BCUT2D eigenvalue weighted by molar-refractivity contribution is -0.384. The molecule has 1 aromatic heterocycles. The van der Waals surface area contributed by atoms with Crippen molar-refractivity contribution < 1.29 is 18.9 Å². The summed E-state index contributed by atoms with van der Waals surface area (Å²) in [6, 6.07) is 19.1. The average molecular weight is 620 g/mol. The van der Waals surface area contributed by atoms with E-state index in [4.69, 9.17) is 9.15 Å². The molecule has 10 heteroatoms. The number of carbonyl (C=O) groups is 1. The number of nitro benzene ring substituents is 1. The number of furan rings is 1. The number of rotatable bonds is 7. The number of amides is 1. The van der Waals surface area contributed by atoms with Crippen LogP contribution in [0.5, 0.6) is 5.75 Å². The quantitative estimate of drug-likeness (QED) is 0.117. The zero-order chi connectivity index (χ0) is 23.4. The molecule has 0 atom stereocenters.